The van der Waals surface area contributed by atoms with Crippen molar-refractivity contribution >= 4 is 39.3 Å². The van der Waals surface area contributed by atoms with E-state index in [0.29, 0.717) is 16.4 Å². The molecule has 0 unspecified atom stereocenters. The summed E-state index contributed by atoms with van der Waals surface area (Å²) in [5.74, 6) is 0.270. The molecule has 0 saturated carbocycles. The summed E-state index contributed by atoms with van der Waals surface area (Å²) >= 11 is 9.26. The number of rotatable bonds is 2. The Labute approximate surface area is 118 Å². The molecule has 0 aliphatic rings. The number of halogens is 2. The van der Waals surface area contributed by atoms with Gasteiger partial charge in [-0.15, -0.1) is 0 Å². The molecule has 0 saturated heterocycles. The van der Waals surface area contributed by atoms with Gasteiger partial charge in [0, 0.05) is 21.3 Å². The fourth-order valence-corrected chi connectivity index (χ4v) is 1.79. The molecule has 2 aromatic rings. The second-order valence-corrected chi connectivity index (χ2v) is 5.10. The van der Waals surface area contributed by atoms with Gasteiger partial charge in [0.1, 0.15) is 5.82 Å². The highest BCUT2D eigenvalue weighted by molar-refractivity contribution is 9.10. The average Bonchev–Trinajstić information content (AvgIpc) is 2.35. The standard InChI is InChI=1S/C13H10BrClN2O/c1-8-2-3-9(6-11(8)15)13(18)17-12-5-4-10(14)7-16-12/h2-7H,1H3,(H,16,17,18). The number of nitrogens with one attached hydrogen (secondary N) is 1. The number of anilines is 1. The SMILES string of the molecule is Cc1ccc(C(=O)Nc2ccc(Br)cn2)cc1Cl. The molecule has 0 spiro atoms. The first-order chi connectivity index (χ1) is 8.56. The highest BCUT2D eigenvalue weighted by atomic mass is 79.9. The predicted octanol–water partition coefficient (Wildman–Crippen LogP) is 4.06. The number of nitrogens with zero attached hydrogens (tertiary/aromatic N) is 1. The maximum absolute atomic E-state index is 11.9. The third-order valence-electron chi connectivity index (χ3n) is 2.40. The van der Waals surface area contributed by atoms with Gasteiger partial charge in [-0.2, -0.15) is 0 Å². The highest BCUT2D eigenvalue weighted by Gasteiger charge is 2.08. The van der Waals surface area contributed by atoms with Crippen LogP contribution in [0, 0.1) is 6.92 Å². The Hall–Kier alpha value is -1.39. The largest absolute Gasteiger partial charge is 0.307 e. The Morgan fingerprint density at radius 1 is 1.33 bits per heavy atom. The summed E-state index contributed by atoms with van der Waals surface area (Å²) in [6.07, 6.45) is 1.62. The first-order valence-electron chi connectivity index (χ1n) is 5.25. The Balaban J connectivity index is 2.16. The molecule has 0 fully saturated rings. The van der Waals surface area contributed by atoms with Gasteiger partial charge in [0.05, 0.1) is 0 Å². The Bertz CT molecular complexity index is 584. The molecule has 0 aliphatic carbocycles. The molecule has 1 aromatic heterocycles. The van der Waals surface area contributed by atoms with Gasteiger partial charge in [-0.3, -0.25) is 4.79 Å². The number of carbonyl (C=O) groups excluding carboxylic acids is 1. The Kier molecular flexibility index (Phi) is 3.99. The molecule has 1 N–H and O–H groups in total. The van der Waals surface area contributed by atoms with Crippen LogP contribution in [0.5, 0.6) is 0 Å². The van der Waals surface area contributed by atoms with Gasteiger partial charge in [-0.25, -0.2) is 4.98 Å². The fraction of sp³-hybridized carbons (Fsp3) is 0.0769. The number of carbonyl (C=O) groups is 1. The second-order valence-electron chi connectivity index (χ2n) is 3.78. The maximum Gasteiger partial charge on any atom is 0.256 e. The second kappa shape index (κ2) is 5.50. The van der Waals surface area contributed by atoms with Gasteiger partial charge in [0.25, 0.3) is 5.91 Å². The fourth-order valence-electron chi connectivity index (χ4n) is 1.37. The Morgan fingerprint density at radius 2 is 2.11 bits per heavy atom. The molecular formula is C13H10BrClN2O. The maximum atomic E-state index is 11.9. The third-order valence-corrected chi connectivity index (χ3v) is 3.28. The van der Waals surface area contributed by atoms with E-state index in [4.69, 9.17) is 11.6 Å². The topological polar surface area (TPSA) is 42.0 Å². The number of amides is 1. The first kappa shape index (κ1) is 13.1. The minimum absolute atomic E-state index is 0.230. The molecule has 0 aliphatic heterocycles. The molecule has 1 aromatic carbocycles. The monoisotopic (exact) mass is 324 g/mol. The van der Waals surface area contributed by atoms with Gasteiger partial charge in [-0.1, -0.05) is 17.7 Å². The number of hydrogen-bond donors (Lipinski definition) is 1. The lowest BCUT2D eigenvalue weighted by atomic mass is 10.1. The highest BCUT2D eigenvalue weighted by Crippen LogP contribution is 2.18. The summed E-state index contributed by atoms with van der Waals surface area (Å²) in [6.45, 7) is 1.89. The van der Waals surface area contributed by atoms with Crippen LogP contribution >= 0.6 is 27.5 Å². The van der Waals surface area contributed by atoms with Crippen LogP contribution in [0.2, 0.25) is 5.02 Å². The van der Waals surface area contributed by atoms with Crippen LogP contribution in [0.3, 0.4) is 0 Å². The lowest BCUT2D eigenvalue weighted by Gasteiger charge is -2.05. The van der Waals surface area contributed by atoms with Gasteiger partial charge in [-0.05, 0) is 52.7 Å². The zero-order valence-electron chi connectivity index (χ0n) is 9.58. The molecular weight excluding hydrogens is 316 g/mol. The third kappa shape index (κ3) is 3.09. The quantitative estimate of drug-likeness (QED) is 0.905. The zero-order valence-corrected chi connectivity index (χ0v) is 11.9. The van der Waals surface area contributed by atoms with E-state index < -0.39 is 0 Å². The van der Waals surface area contributed by atoms with E-state index in [1.165, 1.54) is 0 Å². The van der Waals surface area contributed by atoms with E-state index in [2.05, 4.69) is 26.2 Å². The number of hydrogen-bond acceptors (Lipinski definition) is 2. The van der Waals surface area contributed by atoms with Crippen LogP contribution in [0.25, 0.3) is 0 Å². The van der Waals surface area contributed by atoms with Crippen molar-refractivity contribution in [3.8, 4) is 0 Å². The molecule has 0 atom stereocenters. The van der Waals surface area contributed by atoms with Crippen molar-refractivity contribution in [2.24, 2.45) is 0 Å². The average molecular weight is 326 g/mol. The molecule has 3 nitrogen and oxygen atoms in total. The van der Waals surface area contributed by atoms with Gasteiger partial charge in [0.15, 0.2) is 0 Å². The van der Waals surface area contributed by atoms with E-state index in [0.717, 1.165) is 10.0 Å². The summed E-state index contributed by atoms with van der Waals surface area (Å²) < 4.78 is 0.860. The first-order valence-corrected chi connectivity index (χ1v) is 6.42. The number of pyridine rings is 1. The summed E-state index contributed by atoms with van der Waals surface area (Å²) in [7, 11) is 0. The van der Waals surface area contributed by atoms with Crippen molar-refractivity contribution in [1.82, 2.24) is 4.98 Å². The van der Waals surface area contributed by atoms with E-state index in [-0.39, 0.29) is 5.91 Å². The van der Waals surface area contributed by atoms with Crippen LogP contribution in [-0.2, 0) is 0 Å². The summed E-state index contributed by atoms with van der Waals surface area (Å²) in [6, 6.07) is 8.72. The lowest BCUT2D eigenvalue weighted by molar-refractivity contribution is 0.102. The van der Waals surface area contributed by atoms with Crippen molar-refractivity contribution in [3.63, 3.8) is 0 Å². The number of aryl methyl sites for hydroxylation is 1. The molecule has 0 radical (unpaired) electrons. The zero-order chi connectivity index (χ0) is 13.1. The van der Waals surface area contributed by atoms with E-state index in [1.54, 1.807) is 24.4 Å². The molecule has 92 valence electrons. The molecule has 0 bridgehead atoms. The minimum atomic E-state index is -0.230. The van der Waals surface area contributed by atoms with E-state index >= 15 is 0 Å². The summed E-state index contributed by atoms with van der Waals surface area (Å²) in [4.78, 5) is 16.0. The van der Waals surface area contributed by atoms with Crippen LogP contribution in [0.15, 0.2) is 41.0 Å². The van der Waals surface area contributed by atoms with Crippen molar-refractivity contribution in [2.75, 3.05) is 5.32 Å². The predicted molar refractivity (Wildman–Crippen MR) is 76.1 cm³/mol. The molecule has 1 amide bonds. The summed E-state index contributed by atoms with van der Waals surface area (Å²) in [5.41, 5.74) is 1.45. The van der Waals surface area contributed by atoms with Crippen LogP contribution in [0.4, 0.5) is 5.82 Å². The van der Waals surface area contributed by atoms with Crippen molar-refractivity contribution in [1.29, 1.82) is 0 Å². The number of aromatic nitrogens is 1. The van der Waals surface area contributed by atoms with Crippen molar-refractivity contribution in [3.05, 3.63) is 57.2 Å². The van der Waals surface area contributed by atoms with Crippen molar-refractivity contribution < 1.29 is 4.79 Å². The molecule has 1 heterocycles. The van der Waals surface area contributed by atoms with Crippen LogP contribution < -0.4 is 5.32 Å². The van der Waals surface area contributed by atoms with E-state index in [9.17, 15) is 4.79 Å². The molecule has 2 rings (SSSR count). The minimum Gasteiger partial charge on any atom is -0.307 e. The van der Waals surface area contributed by atoms with Gasteiger partial charge < -0.3 is 5.32 Å². The summed E-state index contributed by atoms with van der Waals surface area (Å²) in [5, 5.41) is 3.28. The lowest BCUT2D eigenvalue weighted by Crippen LogP contribution is -2.12. The van der Waals surface area contributed by atoms with Gasteiger partial charge in [0.2, 0.25) is 0 Å². The van der Waals surface area contributed by atoms with Crippen LogP contribution in [-0.4, -0.2) is 10.9 Å². The number of benzene rings is 1. The van der Waals surface area contributed by atoms with Crippen molar-refractivity contribution in [2.45, 2.75) is 6.92 Å². The van der Waals surface area contributed by atoms with E-state index in [1.807, 2.05) is 19.1 Å². The van der Waals surface area contributed by atoms with Gasteiger partial charge >= 0.3 is 0 Å². The molecule has 5 heteroatoms. The smallest absolute Gasteiger partial charge is 0.256 e. The van der Waals surface area contributed by atoms with Crippen LogP contribution in [0.1, 0.15) is 15.9 Å². The normalized spacial score (nSPS) is 10.2. The Morgan fingerprint density at radius 3 is 2.72 bits per heavy atom. The molecule has 18 heavy (non-hydrogen) atoms.